The number of hydrogen-bond acceptors (Lipinski definition) is 3. The van der Waals surface area contributed by atoms with Crippen LogP contribution in [-0.4, -0.2) is 18.2 Å². The summed E-state index contributed by atoms with van der Waals surface area (Å²) >= 11 is 0. The van der Waals surface area contributed by atoms with Gasteiger partial charge in [-0.25, -0.2) is 5.43 Å². The van der Waals surface area contributed by atoms with E-state index in [4.69, 9.17) is 4.74 Å². The van der Waals surface area contributed by atoms with E-state index in [0.29, 0.717) is 12.2 Å². The highest BCUT2D eigenvalue weighted by atomic mass is 16.5. The number of unbranched alkanes of at least 4 members (excludes halogenated alkanes) is 3. The van der Waals surface area contributed by atoms with Gasteiger partial charge in [-0.1, -0.05) is 70.4 Å². The Labute approximate surface area is 162 Å². The molecule has 2 aromatic carbocycles. The number of carbonyl (C=O) groups is 1. The Bertz CT molecular complexity index is 722. The predicted octanol–water partition coefficient (Wildman–Crippen LogP) is 5.44. The van der Waals surface area contributed by atoms with E-state index in [9.17, 15) is 4.79 Å². The molecule has 0 saturated heterocycles. The van der Waals surface area contributed by atoms with Crippen molar-refractivity contribution in [2.45, 2.75) is 46.5 Å². The summed E-state index contributed by atoms with van der Waals surface area (Å²) in [5, 5.41) is 4.36. The van der Waals surface area contributed by atoms with Gasteiger partial charge in [0.15, 0.2) is 0 Å². The standard InChI is InChI=1S/C23H30N2O2/c1-4-5-6-10-17-27-21-15-13-20(14-16-21)23(26)25-24-22(18(2)3)19-11-8-7-9-12-19/h7-9,11-16,18H,4-6,10,17H2,1-3H3,(H,25,26). The molecular weight excluding hydrogens is 336 g/mol. The Hall–Kier alpha value is -2.62. The van der Waals surface area contributed by atoms with Crippen LogP contribution in [0.5, 0.6) is 5.75 Å². The van der Waals surface area contributed by atoms with Crippen molar-refractivity contribution >= 4 is 11.6 Å². The third kappa shape index (κ3) is 6.89. The highest BCUT2D eigenvalue weighted by Gasteiger charge is 2.10. The maximum atomic E-state index is 12.4. The lowest BCUT2D eigenvalue weighted by Crippen LogP contribution is -2.22. The van der Waals surface area contributed by atoms with Crippen molar-refractivity contribution < 1.29 is 9.53 Å². The largest absolute Gasteiger partial charge is 0.494 e. The molecule has 4 heteroatoms. The van der Waals surface area contributed by atoms with E-state index in [1.807, 2.05) is 42.5 Å². The summed E-state index contributed by atoms with van der Waals surface area (Å²) in [6.45, 7) is 7.03. The summed E-state index contributed by atoms with van der Waals surface area (Å²) in [6, 6.07) is 17.1. The molecule has 0 saturated carbocycles. The molecule has 0 heterocycles. The summed E-state index contributed by atoms with van der Waals surface area (Å²) in [6.07, 6.45) is 4.70. The quantitative estimate of drug-likeness (QED) is 0.346. The monoisotopic (exact) mass is 366 g/mol. The Morgan fingerprint density at radius 3 is 2.30 bits per heavy atom. The van der Waals surface area contributed by atoms with E-state index < -0.39 is 0 Å². The predicted molar refractivity (Wildman–Crippen MR) is 111 cm³/mol. The van der Waals surface area contributed by atoms with Gasteiger partial charge < -0.3 is 4.74 Å². The van der Waals surface area contributed by atoms with Gasteiger partial charge in [0.1, 0.15) is 5.75 Å². The second-order valence-corrected chi connectivity index (χ2v) is 6.89. The second kappa shape index (κ2) is 11.2. The van der Waals surface area contributed by atoms with Crippen molar-refractivity contribution in [3.63, 3.8) is 0 Å². The topological polar surface area (TPSA) is 50.7 Å². The van der Waals surface area contributed by atoms with Gasteiger partial charge in [-0.3, -0.25) is 4.79 Å². The second-order valence-electron chi connectivity index (χ2n) is 6.89. The van der Waals surface area contributed by atoms with Gasteiger partial charge in [-0.05, 0) is 42.2 Å². The summed E-state index contributed by atoms with van der Waals surface area (Å²) in [7, 11) is 0. The zero-order chi connectivity index (χ0) is 19.5. The Kier molecular flexibility index (Phi) is 8.56. The summed E-state index contributed by atoms with van der Waals surface area (Å²) in [4.78, 5) is 12.4. The van der Waals surface area contributed by atoms with Gasteiger partial charge in [0.05, 0.1) is 12.3 Å². The fourth-order valence-electron chi connectivity index (χ4n) is 2.73. The van der Waals surface area contributed by atoms with Gasteiger partial charge in [-0.2, -0.15) is 5.10 Å². The van der Waals surface area contributed by atoms with E-state index in [1.165, 1.54) is 19.3 Å². The van der Waals surface area contributed by atoms with Crippen LogP contribution in [-0.2, 0) is 0 Å². The molecule has 0 aliphatic heterocycles. The van der Waals surface area contributed by atoms with E-state index in [-0.39, 0.29) is 11.8 Å². The molecule has 0 atom stereocenters. The molecular formula is C23H30N2O2. The molecule has 2 rings (SSSR count). The molecule has 2 aromatic rings. The first-order chi connectivity index (χ1) is 13.1. The number of carbonyl (C=O) groups excluding carboxylic acids is 1. The normalized spacial score (nSPS) is 11.5. The number of nitrogens with zero attached hydrogens (tertiary/aromatic N) is 1. The van der Waals surface area contributed by atoms with Crippen molar-refractivity contribution in [1.29, 1.82) is 0 Å². The minimum absolute atomic E-state index is 0.205. The highest BCUT2D eigenvalue weighted by molar-refractivity contribution is 6.03. The van der Waals surface area contributed by atoms with Crippen LogP contribution in [0.3, 0.4) is 0 Å². The van der Waals surface area contributed by atoms with Crippen molar-refractivity contribution in [2.75, 3.05) is 6.61 Å². The van der Waals surface area contributed by atoms with E-state index >= 15 is 0 Å². The maximum Gasteiger partial charge on any atom is 0.271 e. The molecule has 1 amide bonds. The Morgan fingerprint density at radius 2 is 1.67 bits per heavy atom. The number of rotatable bonds is 10. The van der Waals surface area contributed by atoms with Crippen LogP contribution in [0.4, 0.5) is 0 Å². The molecule has 27 heavy (non-hydrogen) atoms. The number of hydrogen-bond donors (Lipinski definition) is 1. The molecule has 4 nitrogen and oxygen atoms in total. The van der Waals surface area contributed by atoms with Crippen molar-refractivity contribution in [1.82, 2.24) is 5.43 Å². The molecule has 0 spiro atoms. The zero-order valence-corrected chi connectivity index (χ0v) is 16.6. The maximum absolute atomic E-state index is 12.4. The summed E-state index contributed by atoms with van der Waals surface area (Å²) in [5.41, 5.74) is 5.11. The lowest BCUT2D eigenvalue weighted by molar-refractivity contribution is 0.0954. The van der Waals surface area contributed by atoms with Crippen LogP contribution in [0.1, 0.15) is 62.4 Å². The molecule has 0 bridgehead atoms. The first-order valence-corrected chi connectivity index (χ1v) is 9.78. The molecule has 0 radical (unpaired) electrons. The number of ether oxygens (including phenoxy) is 1. The van der Waals surface area contributed by atoms with Gasteiger partial charge in [0, 0.05) is 5.56 Å². The molecule has 0 unspecified atom stereocenters. The van der Waals surface area contributed by atoms with Crippen LogP contribution in [0.25, 0.3) is 0 Å². The SMILES string of the molecule is CCCCCCOc1ccc(C(=O)NN=C(c2ccccc2)C(C)C)cc1. The van der Waals surface area contributed by atoms with Gasteiger partial charge in [0.25, 0.3) is 5.91 Å². The first kappa shape index (κ1) is 20.7. The molecule has 0 aliphatic rings. The third-order valence-electron chi connectivity index (χ3n) is 4.28. The summed E-state index contributed by atoms with van der Waals surface area (Å²) in [5.74, 6) is 0.772. The lowest BCUT2D eigenvalue weighted by Gasteiger charge is -2.11. The number of benzene rings is 2. The van der Waals surface area contributed by atoms with Crippen molar-refractivity contribution in [2.24, 2.45) is 11.0 Å². The number of hydrazone groups is 1. The van der Waals surface area contributed by atoms with E-state index in [0.717, 1.165) is 23.4 Å². The number of amides is 1. The third-order valence-corrected chi connectivity index (χ3v) is 4.28. The molecule has 144 valence electrons. The number of nitrogens with one attached hydrogen (secondary N) is 1. The highest BCUT2D eigenvalue weighted by Crippen LogP contribution is 2.14. The van der Waals surface area contributed by atoms with E-state index in [2.05, 4.69) is 31.3 Å². The molecule has 0 aliphatic carbocycles. The molecule has 0 fully saturated rings. The zero-order valence-electron chi connectivity index (χ0n) is 16.6. The fourth-order valence-corrected chi connectivity index (χ4v) is 2.73. The smallest absolute Gasteiger partial charge is 0.271 e. The summed E-state index contributed by atoms with van der Waals surface area (Å²) < 4.78 is 5.72. The van der Waals surface area contributed by atoms with Gasteiger partial charge >= 0.3 is 0 Å². The van der Waals surface area contributed by atoms with Crippen molar-refractivity contribution in [3.8, 4) is 5.75 Å². The van der Waals surface area contributed by atoms with Crippen LogP contribution in [0.2, 0.25) is 0 Å². The van der Waals surface area contributed by atoms with Crippen LogP contribution in [0.15, 0.2) is 59.7 Å². The van der Waals surface area contributed by atoms with Gasteiger partial charge in [-0.15, -0.1) is 0 Å². The molecule has 1 N–H and O–H groups in total. The Balaban J connectivity index is 1.93. The average Bonchev–Trinajstić information content (AvgIpc) is 2.69. The van der Waals surface area contributed by atoms with Crippen LogP contribution >= 0.6 is 0 Å². The Morgan fingerprint density at radius 1 is 0.963 bits per heavy atom. The average molecular weight is 367 g/mol. The van der Waals surface area contributed by atoms with Crippen LogP contribution < -0.4 is 10.2 Å². The fraction of sp³-hybridized carbons (Fsp3) is 0.391. The first-order valence-electron chi connectivity index (χ1n) is 9.78. The van der Waals surface area contributed by atoms with Crippen molar-refractivity contribution in [3.05, 3.63) is 65.7 Å². The minimum atomic E-state index is -0.224. The van der Waals surface area contributed by atoms with Crippen LogP contribution in [0, 0.1) is 5.92 Å². The van der Waals surface area contributed by atoms with E-state index in [1.54, 1.807) is 12.1 Å². The molecule has 0 aromatic heterocycles. The minimum Gasteiger partial charge on any atom is -0.494 e. The lowest BCUT2D eigenvalue weighted by atomic mass is 10.0. The van der Waals surface area contributed by atoms with Gasteiger partial charge in [0.2, 0.25) is 0 Å².